The monoisotopic (exact) mass is 1740 g/mol. The Bertz CT molecular complexity index is 5380. The maximum absolute atomic E-state index is 13.9. The Hall–Kier alpha value is -8.04. The van der Waals surface area contributed by atoms with Crippen molar-refractivity contribution < 1.29 is 203 Å². The minimum Gasteiger partial charge on any atom is -0.378 e. The summed E-state index contributed by atoms with van der Waals surface area (Å²) in [6, 6.07) is 20.6. The second-order valence-electron chi connectivity index (χ2n) is 19.9. The van der Waals surface area contributed by atoms with E-state index >= 15 is 0 Å². The van der Waals surface area contributed by atoms with E-state index < -0.39 is 169 Å². The number of rotatable bonds is 27. The van der Waals surface area contributed by atoms with Crippen molar-refractivity contribution in [3.8, 4) is 17.2 Å². The van der Waals surface area contributed by atoms with Crippen LogP contribution >= 0.6 is 0 Å². The quantitative estimate of drug-likeness (QED) is 0.0211. The van der Waals surface area contributed by atoms with Gasteiger partial charge in [-0.3, -0.25) is 18.2 Å². The smallest absolute Gasteiger partial charge is 0.378 e. The molecule has 0 unspecified atom stereocenters. The Morgan fingerprint density at radius 1 is 0.290 bits per heavy atom. The zero-order valence-corrected chi connectivity index (χ0v) is 57.1. The van der Waals surface area contributed by atoms with Gasteiger partial charge in [0, 0.05) is 5.39 Å². The first-order valence-corrected chi connectivity index (χ1v) is 37.2. The van der Waals surface area contributed by atoms with Crippen LogP contribution in [0.1, 0.15) is 22.3 Å². The van der Waals surface area contributed by atoms with Gasteiger partial charge in [0.1, 0.15) is 11.5 Å². The molecule has 6 rings (SSSR count). The molecular formula is C52H36F24O23S8. The van der Waals surface area contributed by atoms with E-state index in [1.807, 2.05) is 0 Å². The number of halogens is 24. The van der Waals surface area contributed by atoms with E-state index in [9.17, 15) is 173 Å². The molecule has 0 heterocycles. The second kappa shape index (κ2) is 30.1. The van der Waals surface area contributed by atoms with Crippen LogP contribution in [-0.2, 0) is 80.7 Å². The van der Waals surface area contributed by atoms with Gasteiger partial charge in [-0.05, 0) is 86.9 Å². The first kappa shape index (κ1) is 93.2. The SMILES string of the molecule is C=Cc1ccc(OS(=O)(=O)C(F)(F)C(F)(F)C(F)(F)S(=O)(=O)O)c2ccccc12.C=Cc1ccc(OS(=O)(=O)C(F)(F)C(F)(F)C(F)(F)S(=O)(=O)O)cc1.C=Cc1ccc(S(=O)(=O)C(F)(F)C(F)(F)C(F)(F)S(=O)(=O)O)cc1.C=Cc1ccc2cc(OS(=O)(=O)C(F)(F)C(F)(F)C(F)(F)S(=O)(=O)O)ccc2c1. The van der Waals surface area contributed by atoms with E-state index in [2.05, 4.69) is 38.9 Å². The molecule has 0 bridgehead atoms. The van der Waals surface area contributed by atoms with Crippen molar-refractivity contribution in [2.45, 2.75) is 70.6 Å². The summed E-state index contributed by atoms with van der Waals surface area (Å²) in [5, 5.41) is -53.3. The van der Waals surface area contributed by atoms with Crippen LogP contribution in [0.15, 0.2) is 153 Å². The van der Waals surface area contributed by atoms with Crippen LogP contribution in [0.4, 0.5) is 105 Å². The second-order valence-corrected chi connectivity index (χ2v) is 32.5. The minimum atomic E-state index is -7.11. The van der Waals surface area contributed by atoms with E-state index in [4.69, 9.17) is 18.2 Å². The normalized spacial score (nSPS) is 14.2. The number of fused-ring (bicyclic) bond motifs is 2. The Labute approximate surface area is 584 Å². The topological polar surface area (TPSA) is 382 Å². The van der Waals surface area contributed by atoms with Gasteiger partial charge < -0.3 is 12.5 Å². The molecule has 0 saturated carbocycles. The Kier molecular flexibility index (Phi) is 26.2. The molecule has 598 valence electrons. The average Bonchev–Trinajstić information content (AvgIpc) is 0.737. The van der Waals surface area contributed by atoms with E-state index in [-0.39, 0.29) is 21.7 Å². The summed E-state index contributed by atoms with van der Waals surface area (Å²) in [7, 11) is -55.3. The van der Waals surface area contributed by atoms with Crippen molar-refractivity contribution in [1.82, 2.24) is 0 Å². The summed E-state index contributed by atoms with van der Waals surface area (Å²) in [4.78, 5) is -1.47. The zero-order valence-electron chi connectivity index (χ0n) is 50.6. The van der Waals surface area contributed by atoms with Gasteiger partial charge >= 0.3 is 137 Å². The highest BCUT2D eigenvalue weighted by atomic mass is 32.2. The third-order valence-corrected chi connectivity index (χ3v) is 22.2. The van der Waals surface area contributed by atoms with Gasteiger partial charge in [-0.15, -0.1) is 0 Å². The number of alkyl halides is 24. The molecule has 23 nitrogen and oxygen atoms in total. The molecule has 0 spiro atoms. The summed E-state index contributed by atoms with van der Waals surface area (Å²) >= 11 is 0. The van der Waals surface area contributed by atoms with Crippen LogP contribution in [0.25, 0.3) is 45.8 Å². The molecule has 55 heteroatoms. The summed E-state index contributed by atoms with van der Waals surface area (Å²) in [6.45, 7) is 13.5. The van der Waals surface area contributed by atoms with Crippen molar-refractivity contribution in [3.63, 3.8) is 0 Å². The van der Waals surface area contributed by atoms with Gasteiger partial charge in [0.15, 0.2) is 5.75 Å². The van der Waals surface area contributed by atoms with Crippen LogP contribution in [-0.4, -0.2) is 151 Å². The highest BCUT2D eigenvalue weighted by molar-refractivity contribution is 7.93. The van der Waals surface area contributed by atoms with E-state index in [0.717, 1.165) is 78.9 Å². The predicted octanol–water partition coefficient (Wildman–Crippen LogP) is 13.4. The molecule has 0 aromatic heterocycles. The molecule has 6 aromatic carbocycles. The maximum atomic E-state index is 13.9. The third-order valence-electron chi connectivity index (χ3n) is 12.9. The third kappa shape index (κ3) is 16.9. The highest BCUT2D eigenvalue weighted by Crippen LogP contribution is 2.56. The molecule has 0 atom stereocenters. The maximum Gasteiger partial charge on any atom is 0.450 e. The molecule has 0 aliphatic rings. The Morgan fingerprint density at radius 2 is 0.579 bits per heavy atom. The molecule has 0 aliphatic heterocycles. The molecule has 0 aliphatic carbocycles. The van der Waals surface area contributed by atoms with Crippen LogP contribution < -0.4 is 12.5 Å². The summed E-state index contributed by atoms with van der Waals surface area (Å²) < 4.78 is 541. The van der Waals surface area contributed by atoms with Crippen molar-refractivity contribution in [3.05, 3.63) is 170 Å². The van der Waals surface area contributed by atoms with Crippen LogP contribution in [0.2, 0.25) is 0 Å². The highest BCUT2D eigenvalue weighted by Gasteiger charge is 2.86. The first-order valence-electron chi connectivity index (χ1n) is 25.8. The van der Waals surface area contributed by atoms with E-state index in [1.54, 1.807) is 6.07 Å². The Morgan fingerprint density at radius 3 is 0.925 bits per heavy atom. The fourth-order valence-electron chi connectivity index (χ4n) is 7.05. The lowest BCUT2D eigenvalue weighted by Gasteiger charge is -2.30. The standard InChI is InChI=1S/2C15H10F6O6S2.C11H8F6O6S2.C11H8F6O5S2/c1-2-9-3-4-11-8-12(6-5-10(11)7-9)27-29(25,26)15(20,21)13(16,17)14(18,19)28(22,23)24;1-2-9-7-8-12(11-6-4-3-5-10(9)11)27-29(25,26)15(20,21)13(16,17)14(18,19)28(22,23)24;1-2-7-3-5-8(6-4-7)23-25(21,22)11(16,17)9(12,13)10(14,15)24(18,19)20;1-2-7-3-5-8(6-4-7)23(18,19)10(14,15)9(12,13)11(16,17)24(20,21)22/h2*2-8H,1H2,(H,22,23,24);2-6H,1H2,(H,18,19,20);2-6H,1H2,(H,20,21,22). The lowest BCUT2D eigenvalue weighted by Crippen LogP contribution is -2.61. The van der Waals surface area contributed by atoms with Crippen molar-refractivity contribution >= 4 is 127 Å². The molecular weight excluding hydrogens is 1710 g/mol. The lowest BCUT2D eigenvalue weighted by atomic mass is 10.0. The van der Waals surface area contributed by atoms with Crippen molar-refractivity contribution in [1.29, 1.82) is 0 Å². The molecule has 0 radical (unpaired) electrons. The molecule has 0 fully saturated rings. The van der Waals surface area contributed by atoms with Gasteiger partial charge in [0.25, 0.3) is 0 Å². The first-order chi connectivity index (χ1) is 47.5. The molecule has 0 saturated heterocycles. The van der Waals surface area contributed by atoms with E-state index in [1.165, 1.54) is 48.6 Å². The average molecular weight is 1740 g/mol. The predicted molar refractivity (Wildman–Crippen MR) is 323 cm³/mol. The van der Waals surface area contributed by atoms with E-state index in [0.29, 0.717) is 34.2 Å². The number of hydrogen-bond donors (Lipinski definition) is 4. The zero-order chi connectivity index (χ0) is 84.0. The van der Waals surface area contributed by atoms with Crippen LogP contribution in [0.3, 0.4) is 0 Å². The summed E-state index contributed by atoms with van der Waals surface area (Å²) in [6.07, 6.45) is 5.16. The number of benzene rings is 6. The largest absolute Gasteiger partial charge is 0.450 e. The van der Waals surface area contributed by atoms with Gasteiger partial charge in [-0.1, -0.05) is 123 Å². The fourth-order valence-corrected chi connectivity index (χ4v) is 13.1. The van der Waals surface area contributed by atoms with Crippen LogP contribution in [0, 0.1) is 0 Å². The number of hydrogen-bond acceptors (Lipinski definition) is 19. The molecule has 4 N–H and O–H groups in total. The van der Waals surface area contributed by atoms with Crippen LogP contribution in [0.5, 0.6) is 17.2 Å². The summed E-state index contributed by atoms with van der Waals surface area (Å²) in [5.74, 6) is -31.0. The van der Waals surface area contributed by atoms with Gasteiger partial charge in [0.05, 0.1) is 4.90 Å². The molecule has 107 heavy (non-hydrogen) atoms. The minimum absolute atomic E-state index is 0.172. The van der Waals surface area contributed by atoms with Gasteiger partial charge in [-0.25, -0.2) is 8.42 Å². The summed E-state index contributed by atoms with van der Waals surface area (Å²) in [5.41, 5.74) is 1.56. The molecule has 6 aromatic rings. The molecule has 0 amide bonds. The van der Waals surface area contributed by atoms with Gasteiger partial charge in [0.2, 0.25) is 9.84 Å². The van der Waals surface area contributed by atoms with Crippen molar-refractivity contribution in [2.75, 3.05) is 0 Å². The van der Waals surface area contributed by atoms with Gasteiger partial charge in [-0.2, -0.15) is 164 Å². The fraction of sp³-hybridized carbons (Fsp3) is 0.231. The Balaban J connectivity index is 0.000000371. The lowest BCUT2D eigenvalue weighted by molar-refractivity contribution is -0.247. The number of sulfone groups is 1. The van der Waals surface area contributed by atoms with Crippen molar-refractivity contribution in [2.24, 2.45) is 0 Å².